The molecule has 4 heteroatoms. The molecule has 0 radical (unpaired) electrons. The van der Waals surface area contributed by atoms with Crippen LogP contribution in [0.15, 0.2) is 18.2 Å². The molecule has 1 fully saturated rings. The molecule has 1 aliphatic heterocycles. The lowest BCUT2D eigenvalue weighted by Gasteiger charge is -2.49. The lowest BCUT2D eigenvalue weighted by Crippen LogP contribution is -2.61. The standard InChI is InChI=1S/C12H15F2NO/c1-8(2)15-6-12(16,7-15)9-3-4-10(13)11(14)5-9/h3-5,8,16H,6-7H2,1-2H3. The summed E-state index contributed by atoms with van der Waals surface area (Å²) in [5.41, 5.74) is -0.581. The van der Waals surface area contributed by atoms with Crippen molar-refractivity contribution in [3.8, 4) is 0 Å². The topological polar surface area (TPSA) is 23.5 Å². The molecule has 1 N–H and O–H groups in total. The maximum absolute atomic E-state index is 13.0. The Morgan fingerprint density at radius 1 is 1.25 bits per heavy atom. The Morgan fingerprint density at radius 2 is 1.88 bits per heavy atom. The predicted octanol–water partition coefficient (Wildman–Crippen LogP) is 1.88. The van der Waals surface area contributed by atoms with Gasteiger partial charge in [0.15, 0.2) is 11.6 Å². The molecule has 0 aliphatic carbocycles. The highest BCUT2D eigenvalue weighted by Gasteiger charge is 2.43. The van der Waals surface area contributed by atoms with Crippen LogP contribution in [-0.2, 0) is 5.60 Å². The third-order valence-corrected chi connectivity index (χ3v) is 3.12. The summed E-state index contributed by atoms with van der Waals surface area (Å²) >= 11 is 0. The van der Waals surface area contributed by atoms with Crippen molar-refractivity contribution >= 4 is 0 Å². The zero-order chi connectivity index (χ0) is 11.9. The van der Waals surface area contributed by atoms with Gasteiger partial charge in [-0.25, -0.2) is 8.78 Å². The zero-order valence-corrected chi connectivity index (χ0v) is 9.37. The molecule has 88 valence electrons. The summed E-state index contributed by atoms with van der Waals surface area (Å²) < 4.78 is 25.8. The first kappa shape index (κ1) is 11.5. The van der Waals surface area contributed by atoms with Crippen LogP contribution in [0, 0.1) is 11.6 Å². The van der Waals surface area contributed by atoms with Crippen LogP contribution in [0.2, 0.25) is 0 Å². The second-order valence-corrected chi connectivity index (χ2v) is 4.66. The SMILES string of the molecule is CC(C)N1CC(O)(c2ccc(F)c(F)c2)C1. The van der Waals surface area contributed by atoms with Crippen LogP contribution < -0.4 is 0 Å². The van der Waals surface area contributed by atoms with Crippen molar-refractivity contribution in [2.45, 2.75) is 25.5 Å². The summed E-state index contributed by atoms with van der Waals surface area (Å²) in [5, 5.41) is 10.2. The van der Waals surface area contributed by atoms with Gasteiger partial charge in [0.1, 0.15) is 5.60 Å². The van der Waals surface area contributed by atoms with E-state index in [1.54, 1.807) is 0 Å². The summed E-state index contributed by atoms with van der Waals surface area (Å²) in [6.45, 7) is 5.00. The van der Waals surface area contributed by atoms with Crippen LogP contribution in [0.1, 0.15) is 19.4 Å². The Morgan fingerprint density at radius 3 is 2.38 bits per heavy atom. The first-order valence-corrected chi connectivity index (χ1v) is 5.34. The molecule has 1 saturated heterocycles. The van der Waals surface area contributed by atoms with E-state index in [2.05, 4.69) is 4.90 Å². The number of β-amino-alcohol motifs (C(OH)–C–C–N with tert-alkyl or cyclic N) is 1. The lowest BCUT2D eigenvalue weighted by atomic mass is 9.85. The molecule has 1 aliphatic rings. The van der Waals surface area contributed by atoms with E-state index in [1.165, 1.54) is 6.07 Å². The van der Waals surface area contributed by atoms with E-state index >= 15 is 0 Å². The van der Waals surface area contributed by atoms with Crippen molar-refractivity contribution in [3.05, 3.63) is 35.4 Å². The van der Waals surface area contributed by atoms with Gasteiger partial charge in [0.05, 0.1) is 0 Å². The molecule has 0 aromatic heterocycles. The number of halogens is 2. The number of hydrogen-bond donors (Lipinski definition) is 1. The van der Waals surface area contributed by atoms with Gasteiger partial charge in [0.2, 0.25) is 0 Å². The van der Waals surface area contributed by atoms with E-state index in [4.69, 9.17) is 0 Å². The highest BCUT2D eigenvalue weighted by Crippen LogP contribution is 2.33. The highest BCUT2D eigenvalue weighted by atomic mass is 19.2. The van der Waals surface area contributed by atoms with Gasteiger partial charge in [0, 0.05) is 19.1 Å². The minimum Gasteiger partial charge on any atom is -0.382 e. The number of nitrogens with zero attached hydrogens (tertiary/aromatic N) is 1. The largest absolute Gasteiger partial charge is 0.382 e. The molecule has 2 nitrogen and oxygen atoms in total. The molecule has 0 saturated carbocycles. The number of hydrogen-bond acceptors (Lipinski definition) is 2. The molecule has 16 heavy (non-hydrogen) atoms. The van der Waals surface area contributed by atoms with Crippen molar-refractivity contribution in [1.82, 2.24) is 4.90 Å². The van der Waals surface area contributed by atoms with Crippen molar-refractivity contribution in [2.24, 2.45) is 0 Å². The summed E-state index contributed by atoms with van der Waals surface area (Å²) in [5.74, 6) is -1.79. The predicted molar refractivity (Wildman–Crippen MR) is 57.0 cm³/mol. The second kappa shape index (κ2) is 3.79. The molecule has 1 aromatic rings. The van der Waals surface area contributed by atoms with Crippen LogP contribution in [0.3, 0.4) is 0 Å². The van der Waals surface area contributed by atoms with E-state index in [0.717, 1.165) is 12.1 Å². The number of likely N-dealkylation sites (tertiary alicyclic amines) is 1. The Bertz CT molecular complexity index is 400. The van der Waals surface area contributed by atoms with Crippen LogP contribution in [-0.4, -0.2) is 29.1 Å². The molecule has 1 aromatic carbocycles. The third-order valence-electron chi connectivity index (χ3n) is 3.12. The minimum absolute atomic E-state index is 0.352. The van der Waals surface area contributed by atoms with Gasteiger partial charge in [-0.05, 0) is 31.5 Å². The molecule has 0 atom stereocenters. The monoisotopic (exact) mass is 227 g/mol. The average Bonchev–Trinajstić information content (AvgIpc) is 2.17. The first-order chi connectivity index (χ1) is 7.42. The van der Waals surface area contributed by atoms with Crippen LogP contribution in [0.4, 0.5) is 8.78 Å². The fourth-order valence-electron chi connectivity index (χ4n) is 1.96. The van der Waals surface area contributed by atoms with Crippen molar-refractivity contribution in [1.29, 1.82) is 0 Å². The van der Waals surface area contributed by atoms with Crippen molar-refractivity contribution in [3.63, 3.8) is 0 Å². The fraction of sp³-hybridized carbons (Fsp3) is 0.500. The summed E-state index contributed by atoms with van der Waals surface area (Å²) in [4.78, 5) is 2.07. The van der Waals surface area contributed by atoms with Crippen LogP contribution >= 0.6 is 0 Å². The van der Waals surface area contributed by atoms with Gasteiger partial charge >= 0.3 is 0 Å². The molecule has 0 bridgehead atoms. The Kier molecular flexibility index (Phi) is 2.72. The number of rotatable bonds is 2. The third kappa shape index (κ3) is 1.83. The molecule has 0 spiro atoms. The second-order valence-electron chi connectivity index (χ2n) is 4.66. The Hall–Kier alpha value is -1.00. The van der Waals surface area contributed by atoms with Gasteiger partial charge in [-0.3, -0.25) is 4.90 Å². The van der Waals surface area contributed by atoms with Crippen molar-refractivity contribution in [2.75, 3.05) is 13.1 Å². The highest BCUT2D eigenvalue weighted by molar-refractivity contribution is 5.27. The van der Waals surface area contributed by atoms with Crippen molar-refractivity contribution < 1.29 is 13.9 Å². The molecule has 1 heterocycles. The number of aliphatic hydroxyl groups is 1. The minimum atomic E-state index is -1.03. The lowest BCUT2D eigenvalue weighted by molar-refractivity contribution is -0.116. The fourth-order valence-corrected chi connectivity index (χ4v) is 1.96. The molecular formula is C12H15F2NO. The Labute approximate surface area is 93.5 Å². The molecule has 0 amide bonds. The normalized spacial score (nSPS) is 19.9. The van der Waals surface area contributed by atoms with Gasteiger partial charge in [-0.2, -0.15) is 0 Å². The van der Waals surface area contributed by atoms with E-state index < -0.39 is 17.2 Å². The van der Waals surface area contributed by atoms with E-state index in [-0.39, 0.29) is 0 Å². The van der Waals surface area contributed by atoms with Gasteiger partial charge < -0.3 is 5.11 Å². The summed E-state index contributed by atoms with van der Waals surface area (Å²) in [6.07, 6.45) is 0. The molecular weight excluding hydrogens is 212 g/mol. The van der Waals surface area contributed by atoms with E-state index in [1.807, 2.05) is 13.8 Å². The quantitative estimate of drug-likeness (QED) is 0.833. The maximum atomic E-state index is 13.0. The van der Waals surface area contributed by atoms with E-state index in [0.29, 0.717) is 24.7 Å². The van der Waals surface area contributed by atoms with E-state index in [9.17, 15) is 13.9 Å². The molecule has 0 unspecified atom stereocenters. The smallest absolute Gasteiger partial charge is 0.159 e. The van der Waals surface area contributed by atoms with Gasteiger partial charge in [-0.1, -0.05) is 6.07 Å². The van der Waals surface area contributed by atoms with Gasteiger partial charge in [-0.15, -0.1) is 0 Å². The van der Waals surface area contributed by atoms with Crippen LogP contribution in [0.5, 0.6) is 0 Å². The summed E-state index contributed by atoms with van der Waals surface area (Å²) in [7, 11) is 0. The molecule has 2 rings (SSSR count). The summed E-state index contributed by atoms with van der Waals surface area (Å²) in [6, 6.07) is 3.93. The average molecular weight is 227 g/mol. The Balaban J connectivity index is 2.17. The van der Waals surface area contributed by atoms with Gasteiger partial charge in [0.25, 0.3) is 0 Å². The number of benzene rings is 1. The zero-order valence-electron chi connectivity index (χ0n) is 9.37. The van der Waals surface area contributed by atoms with Crippen LogP contribution in [0.25, 0.3) is 0 Å². The first-order valence-electron chi connectivity index (χ1n) is 5.34. The maximum Gasteiger partial charge on any atom is 0.159 e.